The van der Waals surface area contributed by atoms with Crippen LogP contribution in [0.3, 0.4) is 0 Å². The van der Waals surface area contributed by atoms with Crippen molar-refractivity contribution >= 4 is 55.3 Å². The maximum absolute atomic E-state index is 11.6. The zero-order valence-electron chi connectivity index (χ0n) is 15.4. The van der Waals surface area contributed by atoms with E-state index in [-0.39, 0.29) is 29.5 Å². The molecule has 2 aromatic carbocycles. The molecule has 0 aliphatic carbocycles. The summed E-state index contributed by atoms with van der Waals surface area (Å²) in [5.74, 6) is 0.0567. The SMILES string of the molecule is COC(=O)CCc1cc(Br)c(Oc2cccc([N+](=O)[O-])c2NC(=O)OC)c(Br)c1. The van der Waals surface area contributed by atoms with E-state index in [0.29, 0.717) is 21.1 Å². The number of methoxy groups -OCH3 is 2. The number of nitro groups is 1. The molecule has 0 bridgehead atoms. The van der Waals surface area contributed by atoms with E-state index in [4.69, 9.17) is 4.74 Å². The molecule has 1 N–H and O–H groups in total. The van der Waals surface area contributed by atoms with Gasteiger partial charge in [0.25, 0.3) is 5.69 Å². The molecule has 0 spiro atoms. The van der Waals surface area contributed by atoms with Crippen molar-refractivity contribution in [1.82, 2.24) is 0 Å². The molecule has 29 heavy (non-hydrogen) atoms. The lowest BCUT2D eigenvalue weighted by Gasteiger charge is -2.15. The van der Waals surface area contributed by atoms with Crippen molar-refractivity contribution in [3.05, 3.63) is 55.0 Å². The zero-order chi connectivity index (χ0) is 21.6. The molecule has 2 rings (SSSR count). The van der Waals surface area contributed by atoms with Crippen LogP contribution in [0.1, 0.15) is 12.0 Å². The molecule has 0 saturated heterocycles. The van der Waals surface area contributed by atoms with E-state index in [1.165, 1.54) is 25.3 Å². The molecule has 154 valence electrons. The van der Waals surface area contributed by atoms with Crippen molar-refractivity contribution in [2.75, 3.05) is 19.5 Å². The number of hydrogen-bond acceptors (Lipinski definition) is 7. The number of para-hydroxylation sites is 1. The number of esters is 1. The first-order valence-corrected chi connectivity index (χ1v) is 9.70. The van der Waals surface area contributed by atoms with Crippen molar-refractivity contribution in [3.63, 3.8) is 0 Å². The second-order valence-corrected chi connectivity index (χ2v) is 7.30. The van der Waals surface area contributed by atoms with Crippen LogP contribution >= 0.6 is 31.9 Å². The third-order valence-corrected chi connectivity index (χ3v) is 4.91. The summed E-state index contributed by atoms with van der Waals surface area (Å²) in [6, 6.07) is 7.66. The fraction of sp³-hybridized carbons (Fsp3) is 0.222. The summed E-state index contributed by atoms with van der Waals surface area (Å²) in [6.07, 6.45) is -0.204. The van der Waals surface area contributed by atoms with E-state index < -0.39 is 11.0 Å². The van der Waals surface area contributed by atoms with Crippen LogP contribution in [0.4, 0.5) is 16.2 Å². The predicted octanol–water partition coefficient (Wildman–Crippen LogP) is 5.20. The van der Waals surface area contributed by atoms with E-state index in [0.717, 1.165) is 12.7 Å². The van der Waals surface area contributed by atoms with Gasteiger partial charge in [0.05, 0.1) is 28.1 Å². The molecule has 9 nitrogen and oxygen atoms in total. The first-order chi connectivity index (χ1) is 13.8. The fourth-order valence-corrected chi connectivity index (χ4v) is 3.79. The molecule has 1 amide bonds. The van der Waals surface area contributed by atoms with Crippen LogP contribution < -0.4 is 10.1 Å². The summed E-state index contributed by atoms with van der Waals surface area (Å²) in [5, 5.41) is 13.6. The molecule has 0 fully saturated rings. The first-order valence-electron chi connectivity index (χ1n) is 8.11. The molecule has 0 saturated carbocycles. The largest absolute Gasteiger partial charge is 0.469 e. The van der Waals surface area contributed by atoms with Crippen molar-refractivity contribution < 1.29 is 28.7 Å². The highest BCUT2D eigenvalue weighted by Gasteiger charge is 2.23. The Bertz CT molecular complexity index is 927. The molecule has 0 unspecified atom stereocenters. The maximum atomic E-state index is 11.6. The second kappa shape index (κ2) is 10.2. The number of carbonyl (C=O) groups is 2. The summed E-state index contributed by atoms with van der Waals surface area (Å²) < 4.78 is 16.1. The number of halogens is 2. The molecule has 0 aromatic heterocycles. The van der Waals surface area contributed by atoms with Gasteiger partial charge in [-0.2, -0.15) is 0 Å². The molecular formula is C18H16Br2N2O7. The van der Waals surface area contributed by atoms with E-state index in [9.17, 15) is 19.7 Å². The standard InChI is InChI=1S/C18H16Br2N2O7/c1-27-15(23)7-6-10-8-11(19)17(12(20)9-10)29-14-5-3-4-13(22(25)26)16(14)21-18(24)28-2/h3-5,8-9H,6-7H2,1-2H3,(H,21,24). The average molecular weight is 532 g/mol. The molecule has 2 aromatic rings. The lowest BCUT2D eigenvalue weighted by molar-refractivity contribution is -0.384. The smallest absolute Gasteiger partial charge is 0.411 e. The van der Waals surface area contributed by atoms with Gasteiger partial charge in [0.1, 0.15) is 0 Å². The van der Waals surface area contributed by atoms with E-state index in [1.807, 2.05) is 0 Å². The van der Waals surface area contributed by atoms with Gasteiger partial charge < -0.3 is 14.2 Å². The number of amides is 1. The Morgan fingerprint density at radius 2 is 1.79 bits per heavy atom. The van der Waals surface area contributed by atoms with E-state index >= 15 is 0 Å². The highest BCUT2D eigenvalue weighted by molar-refractivity contribution is 9.11. The lowest BCUT2D eigenvalue weighted by atomic mass is 10.1. The van der Waals surface area contributed by atoms with Crippen LogP contribution in [0.25, 0.3) is 0 Å². The van der Waals surface area contributed by atoms with Crippen molar-refractivity contribution in [2.24, 2.45) is 0 Å². The number of nitrogens with one attached hydrogen (secondary N) is 1. The Morgan fingerprint density at radius 1 is 1.14 bits per heavy atom. The zero-order valence-corrected chi connectivity index (χ0v) is 18.5. The number of benzene rings is 2. The minimum atomic E-state index is -0.875. The molecule has 11 heteroatoms. The van der Waals surface area contributed by atoms with E-state index in [1.54, 1.807) is 12.1 Å². The van der Waals surface area contributed by atoms with Gasteiger partial charge in [-0.3, -0.25) is 20.2 Å². The molecule has 0 aliphatic heterocycles. The van der Waals surface area contributed by atoms with Gasteiger partial charge in [-0.15, -0.1) is 0 Å². The number of hydrogen-bond donors (Lipinski definition) is 1. The summed E-state index contributed by atoms with van der Waals surface area (Å²) in [4.78, 5) is 33.6. The normalized spacial score (nSPS) is 10.2. The van der Waals surface area contributed by atoms with Gasteiger partial charge in [0.15, 0.2) is 17.2 Å². The van der Waals surface area contributed by atoms with Crippen molar-refractivity contribution in [1.29, 1.82) is 0 Å². The van der Waals surface area contributed by atoms with Crippen molar-refractivity contribution in [2.45, 2.75) is 12.8 Å². The van der Waals surface area contributed by atoms with Gasteiger partial charge in [-0.25, -0.2) is 4.79 Å². The van der Waals surface area contributed by atoms with Gasteiger partial charge in [-0.1, -0.05) is 6.07 Å². The number of nitro benzene ring substituents is 1. The van der Waals surface area contributed by atoms with Gasteiger partial charge >= 0.3 is 12.1 Å². The minimum absolute atomic E-state index is 0.0494. The summed E-state index contributed by atoms with van der Waals surface area (Å²) in [5.41, 5.74) is 0.348. The number of ether oxygens (including phenoxy) is 3. The van der Waals surface area contributed by atoms with Crippen molar-refractivity contribution in [3.8, 4) is 11.5 Å². The van der Waals surface area contributed by atoms with E-state index in [2.05, 4.69) is 46.7 Å². The Hall–Kier alpha value is -2.66. The first kappa shape index (κ1) is 22.6. The highest BCUT2D eigenvalue weighted by Crippen LogP contribution is 2.42. The van der Waals surface area contributed by atoms with Crippen LogP contribution in [0, 0.1) is 10.1 Å². The van der Waals surface area contributed by atoms with Crippen LogP contribution in [0.2, 0.25) is 0 Å². The Kier molecular flexibility index (Phi) is 7.97. The number of rotatable bonds is 7. The van der Waals surface area contributed by atoms with Gasteiger partial charge in [-0.05, 0) is 62.0 Å². The predicted molar refractivity (Wildman–Crippen MR) is 111 cm³/mol. The maximum Gasteiger partial charge on any atom is 0.411 e. The minimum Gasteiger partial charge on any atom is -0.469 e. The number of carbonyl (C=O) groups excluding carboxylic acids is 2. The third kappa shape index (κ3) is 5.91. The molecule has 0 heterocycles. The van der Waals surface area contributed by atoms with Gasteiger partial charge in [0, 0.05) is 12.5 Å². The quantitative estimate of drug-likeness (QED) is 0.296. The monoisotopic (exact) mass is 530 g/mol. The van der Waals surface area contributed by atoms with Gasteiger partial charge in [0.2, 0.25) is 0 Å². The highest BCUT2D eigenvalue weighted by atomic mass is 79.9. The molecule has 0 radical (unpaired) electrons. The third-order valence-electron chi connectivity index (χ3n) is 3.73. The summed E-state index contributed by atoms with van der Waals surface area (Å²) in [7, 11) is 2.47. The summed E-state index contributed by atoms with van der Waals surface area (Å²) in [6.45, 7) is 0. The number of nitrogens with zero attached hydrogens (tertiary/aromatic N) is 1. The number of aryl methyl sites for hydroxylation is 1. The summed E-state index contributed by atoms with van der Waals surface area (Å²) >= 11 is 6.80. The van der Waals surface area contributed by atoms with Crippen LogP contribution in [0.15, 0.2) is 39.3 Å². The second-order valence-electron chi connectivity index (χ2n) is 5.59. The molecule has 0 atom stereocenters. The van der Waals surface area contributed by atoms with Crippen LogP contribution in [0.5, 0.6) is 11.5 Å². The fourth-order valence-electron chi connectivity index (χ4n) is 2.35. The Labute approximate surface area is 182 Å². The Balaban J connectivity index is 2.38. The lowest BCUT2D eigenvalue weighted by Crippen LogP contribution is -2.13. The molecular weight excluding hydrogens is 516 g/mol. The molecule has 0 aliphatic rings. The average Bonchev–Trinajstić information content (AvgIpc) is 2.69. The topological polar surface area (TPSA) is 117 Å². The van der Waals surface area contributed by atoms with Crippen LogP contribution in [-0.2, 0) is 20.7 Å². The van der Waals surface area contributed by atoms with Crippen LogP contribution in [-0.4, -0.2) is 31.2 Å². The Morgan fingerprint density at radius 3 is 2.34 bits per heavy atom. The number of anilines is 1.